The summed E-state index contributed by atoms with van der Waals surface area (Å²) in [6, 6.07) is 1.91. The van der Waals surface area contributed by atoms with Crippen LogP contribution in [0, 0.1) is 5.92 Å². The lowest BCUT2D eigenvalue weighted by Crippen LogP contribution is -2.47. The molecule has 4 heteroatoms. The molecule has 1 aliphatic heterocycles. The first-order valence-electron chi connectivity index (χ1n) is 9.09. The van der Waals surface area contributed by atoms with Crippen LogP contribution in [0.2, 0.25) is 0 Å². The molecule has 3 aliphatic rings. The molecule has 1 heterocycles. The molecule has 0 spiro atoms. The number of hydrogen-bond donors (Lipinski definition) is 3. The molecule has 1 amide bonds. The molecule has 0 radical (unpaired) electrons. The number of nitrogens with one attached hydrogen (secondary N) is 3. The van der Waals surface area contributed by atoms with Gasteiger partial charge in [-0.3, -0.25) is 4.79 Å². The van der Waals surface area contributed by atoms with E-state index in [4.69, 9.17) is 0 Å². The predicted octanol–water partition coefficient (Wildman–Crippen LogP) is 1.95. The van der Waals surface area contributed by atoms with Gasteiger partial charge in [0.2, 0.25) is 5.91 Å². The number of rotatable bonds is 7. The first kappa shape index (κ1) is 15.3. The van der Waals surface area contributed by atoms with Crippen LogP contribution in [0.1, 0.15) is 64.2 Å². The average molecular weight is 293 g/mol. The van der Waals surface area contributed by atoms with Crippen molar-refractivity contribution in [2.45, 2.75) is 82.3 Å². The van der Waals surface area contributed by atoms with E-state index in [1.807, 2.05) is 0 Å². The third kappa shape index (κ3) is 4.68. The second-order valence-corrected chi connectivity index (χ2v) is 7.16. The predicted molar refractivity (Wildman–Crippen MR) is 85.2 cm³/mol. The summed E-state index contributed by atoms with van der Waals surface area (Å²) >= 11 is 0. The molecule has 0 aromatic heterocycles. The summed E-state index contributed by atoms with van der Waals surface area (Å²) < 4.78 is 0. The Morgan fingerprint density at radius 2 is 1.90 bits per heavy atom. The Bertz CT molecular complexity index is 337. The zero-order valence-electron chi connectivity index (χ0n) is 13.2. The number of carbonyl (C=O) groups is 1. The van der Waals surface area contributed by atoms with Crippen LogP contribution in [-0.2, 0) is 4.79 Å². The zero-order chi connectivity index (χ0) is 14.5. The molecule has 21 heavy (non-hydrogen) atoms. The quantitative estimate of drug-likeness (QED) is 0.629. The van der Waals surface area contributed by atoms with Crippen molar-refractivity contribution >= 4 is 5.91 Å². The van der Waals surface area contributed by atoms with E-state index in [1.54, 1.807) is 0 Å². The van der Waals surface area contributed by atoms with Gasteiger partial charge in [0.25, 0.3) is 0 Å². The standard InChI is InChI=1S/C17H31N3O/c21-17(20-13-9-10-13)8-4-12-19-15-6-2-1-5-14(15)16-7-3-11-18-16/h13-16,18-19H,1-12H2,(H,20,21). The van der Waals surface area contributed by atoms with Crippen molar-refractivity contribution < 1.29 is 4.79 Å². The Labute approximate surface area is 128 Å². The molecule has 0 bridgehead atoms. The van der Waals surface area contributed by atoms with Gasteiger partial charge in [0.15, 0.2) is 0 Å². The molecule has 4 nitrogen and oxygen atoms in total. The number of hydrogen-bond acceptors (Lipinski definition) is 3. The summed E-state index contributed by atoms with van der Waals surface area (Å²) in [5.74, 6) is 1.05. The summed E-state index contributed by atoms with van der Waals surface area (Å²) in [6.07, 6.45) is 12.2. The van der Waals surface area contributed by atoms with Crippen LogP contribution in [0.4, 0.5) is 0 Å². The van der Waals surface area contributed by atoms with Gasteiger partial charge in [-0.2, -0.15) is 0 Å². The van der Waals surface area contributed by atoms with Crippen LogP contribution in [-0.4, -0.2) is 37.1 Å². The van der Waals surface area contributed by atoms with E-state index in [0.717, 1.165) is 24.9 Å². The number of amides is 1. The molecule has 3 atom stereocenters. The van der Waals surface area contributed by atoms with E-state index in [9.17, 15) is 4.79 Å². The Morgan fingerprint density at radius 3 is 2.67 bits per heavy atom. The molecule has 0 aromatic carbocycles. The van der Waals surface area contributed by atoms with E-state index >= 15 is 0 Å². The average Bonchev–Trinajstić information content (AvgIpc) is 3.14. The maximum atomic E-state index is 11.7. The maximum absolute atomic E-state index is 11.7. The van der Waals surface area contributed by atoms with Crippen molar-refractivity contribution in [2.75, 3.05) is 13.1 Å². The van der Waals surface area contributed by atoms with Crippen LogP contribution >= 0.6 is 0 Å². The van der Waals surface area contributed by atoms with Crippen molar-refractivity contribution in [1.29, 1.82) is 0 Å². The van der Waals surface area contributed by atoms with Gasteiger partial charge < -0.3 is 16.0 Å². The van der Waals surface area contributed by atoms with E-state index in [0.29, 0.717) is 18.5 Å². The summed E-state index contributed by atoms with van der Waals surface area (Å²) in [5, 5.41) is 10.5. The SMILES string of the molecule is O=C(CCCNC1CCCCC1C1CCCN1)NC1CC1. The molecule has 3 N–H and O–H groups in total. The highest BCUT2D eigenvalue weighted by Crippen LogP contribution is 2.30. The molecule has 1 saturated heterocycles. The number of carbonyl (C=O) groups excluding carboxylic acids is 1. The Balaban J connectivity index is 1.34. The monoisotopic (exact) mass is 293 g/mol. The first-order chi connectivity index (χ1) is 10.3. The van der Waals surface area contributed by atoms with Crippen molar-refractivity contribution in [3.63, 3.8) is 0 Å². The van der Waals surface area contributed by atoms with E-state index in [1.165, 1.54) is 57.9 Å². The lowest BCUT2D eigenvalue weighted by atomic mass is 9.79. The molecule has 3 fully saturated rings. The van der Waals surface area contributed by atoms with Gasteiger partial charge in [0.1, 0.15) is 0 Å². The first-order valence-corrected chi connectivity index (χ1v) is 9.09. The van der Waals surface area contributed by atoms with Crippen LogP contribution in [0.15, 0.2) is 0 Å². The third-order valence-electron chi connectivity index (χ3n) is 5.36. The highest BCUT2D eigenvalue weighted by atomic mass is 16.1. The van der Waals surface area contributed by atoms with Gasteiger partial charge in [0, 0.05) is 24.5 Å². The zero-order valence-corrected chi connectivity index (χ0v) is 13.2. The fourth-order valence-electron chi connectivity index (χ4n) is 4.04. The minimum Gasteiger partial charge on any atom is -0.353 e. The van der Waals surface area contributed by atoms with Crippen LogP contribution in [0.3, 0.4) is 0 Å². The third-order valence-corrected chi connectivity index (χ3v) is 5.36. The highest BCUT2D eigenvalue weighted by molar-refractivity contribution is 5.76. The largest absolute Gasteiger partial charge is 0.353 e. The van der Waals surface area contributed by atoms with E-state index < -0.39 is 0 Å². The fraction of sp³-hybridized carbons (Fsp3) is 0.941. The molecule has 120 valence electrons. The molecule has 2 aliphatic carbocycles. The molecule has 3 rings (SSSR count). The van der Waals surface area contributed by atoms with Crippen LogP contribution < -0.4 is 16.0 Å². The lowest BCUT2D eigenvalue weighted by molar-refractivity contribution is -0.121. The molecule has 3 unspecified atom stereocenters. The Hall–Kier alpha value is -0.610. The van der Waals surface area contributed by atoms with E-state index in [-0.39, 0.29) is 5.91 Å². The van der Waals surface area contributed by atoms with Crippen molar-refractivity contribution in [2.24, 2.45) is 5.92 Å². The topological polar surface area (TPSA) is 53.2 Å². The normalized spacial score (nSPS) is 33.0. The van der Waals surface area contributed by atoms with Gasteiger partial charge in [-0.1, -0.05) is 12.8 Å². The van der Waals surface area contributed by atoms with Gasteiger partial charge >= 0.3 is 0 Å². The fourth-order valence-corrected chi connectivity index (χ4v) is 4.04. The minimum atomic E-state index is 0.247. The Kier molecular flexibility index (Phi) is 5.53. The van der Waals surface area contributed by atoms with Crippen LogP contribution in [0.5, 0.6) is 0 Å². The highest BCUT2D eigenvalue weighted by Gasteiger charge is 2.32. The second-order valence-electron chi connectivity index (χ2n) is 7.16. The molecule has 2 saturated carbocycles. The van der Waals surface area contributed by atoms with E-state index in [2.05, 4.69) is 16.0 Å². The van der Waals surface area contributed by atoms with Gasteiger partial charge in [-0.15, -0.1) is 0 Å². The van der Waals surface area contributed by atoms with Gasteiger partial charge in [-0.25, -0.2) is 0 Å². The summed E-state index contributed by atoms with van der Waals surface area (Å²) in [5.41, 5.74) is 0. The maximum Gasteiger partial charge on any atom is 0.220 e. The lowest BCUT2D eigenvalue weighted by Gasteiger charge is -2.36. The van der Waals surface area contributed by atoms with Crippen molar-refractivity contribution in [3.05, 3.63) is 0 Å². The smallest absolute Gasteiger partial charge is 0.220 e. The van der Waals surface area contributed by atoms with Crippen LogP contribution in [0.25, 0.3) is 0 Å². The second kappa shape index (κ2) is 7.59. The van der Waals surface area contributed by atoms with Gasteiger partial charge in [-0.05, 0) is 64.0 Å². The Morgan fingerprint density at radius 1 is 1.05 bits per heavy atom. The molecular weight excluding hydrogens is 262 g/mol. The summed E-state index contributed by atoms with van der Waals surface area (Å²) in [4.78, 5) is 11.7. The molecular formula is C17H31N3O. The van der Waals surface area contributed by atoms with Gasteiger partial charge in [0.05, 0.1) is 0 Å². The summed E-state index contributed by atoms with van der Waals surface area (Å²) in [7, 11) is 0. The summed E-state index contributed by atoms with van der Waals surface area (Å²) in [6.45, 7) is 2.20. The minimum absolute atomic E-state index is 0.247. The molecule has 0 aromatic rings. The van der Waals surface area contributed by atoms with Crippen molar-refractivity contribution in [1.82, 2.24) is 16.0 Å². The van der Waals surface area contributed by atoms with Crippen molar-refractivity contribution in [3.8, 4) is 0 Å².